The first kappa shape index (κ1) is 32.3. The van der Waals surface area contributed by atoms with Gasteiger partial charge in [-0.15, -0.1) is 0 Å². The van der Waals surface area contributed by atoms with Gasteiger partial charge in [0.05, 0.1) is 22.3 Å². The molecule has 0 aliphatic carbocycles. The molecule has 4 N–H and O–H groups in total. The molecule has 2 aromatic rings. The fraction of sp³-hybridized carbons (Fsp3) is 0.467. The quantitative estimate of drug-likeness (QED) is 0.197. The SMILES string of the molecule is CCCCCCCCc1c(CC)ccc(C(=O)O)c1C(=O)O.CCc1ccc(C(=O)O)c(C(=O)O)c1CC. The van der Waals surface area contributed by atoms with E-state index in [4.69, 9.17) is 10.2 Å². The Morgan fingerprint density at radius 3 is 1.34 bits per heavy atom. The number of carboxylic acids is 4. The van der Waals surface area contributed by atoms with Crippen molar-refractivity contribution in [1.29, 1.82) is 0 Å². The molecule has 0 heterocycles. The topological polar surface area (TPSA) is 149 Å². The molecule has 0 aromatic heterocycles. The third-order valence-corrected chi connectivity index (χ3v) is 6.60. The van der Waals surface area contributed by atoms with Crippen LogP contribution in [0.1, 0.15) is 130 Å². The minimum atomic E-state index is -1.20. The lowest BCUT2D eigenvalue weighted by Crippen LogP contribution is -2.13. The molecule has 2 rings (SSSR count). The van der Waals surface area contributed by atoms with Crippen LogP contribution in [0.2, 0.25) is 0 Å². The number of benzene rings is 2. The Balaban J connectivity index is 0.000000399. The van der Waals surface area contributed by atoms with Crippen LogP contribution in [-0.2, 0) is 25.7 Å². The molecule has 0 saturated heterocycles. The normalized spacial score (nSPS) is 10.4. The van der Waals surface area contributed by atoms with Crippen LogP contribution in [0.15, 0.2) is 24.3 Å². The van der Waals surface area contributed by atoms with E-state index in [2.05, 4.69) is 6.92 Å². The molecule has 0 fully saturated rings. The molecule has 0 saturated carbocycles. The zero-order chi connectivity index (χ0) is 28.8. The Kier molecular flexibility index (Phi) is 13.8. The number of aromatic carboxylic acids is 4. The zero-order valence-corrected chi connectivity index (χ0v) is 22.8. The number of unbranched alkanes of at least 4 members (excludes halogenated alkanes) is 5. The van der Waals surface area contributed by atoms with Crippen LogP contribution in [-0.4, -0.2) is 44.3 Å². The Hall–Kier alpha value is -3.68. The van der Waals surface area contributed by atoms with Crippen molar-refractivity contribution in [3.8, 4) is 0 Å². The van der Waals surface area contributed by atoms with Gasteiger partial charge in [-0.1, -0.05) is 71.9 Å². The van der Waals surface area contributed by atoms with Crippen molar-refractivity contribution in [1.82, 2.24) is 0 Å². The molecule has 8 heteroatoms. The highest BCUT2D eigenvalue weighted by molar-refractivity contribution is 6.03. The van der Waals surface area contributed by atoms with E-state index < -0.39 is 23.9 Å². The Labute approximate surface area is 224 Å². The summed E-state index contributed by atoms with van der Waals surface area (Å²) in [6.07, 6.45) is 9.31. The molecule has 0 aliphatic rings. The van der Waals surface area contributed by atoms with Gasteiger partial charge < -0.3 is 20.4 Å². The van der Waals surface area contributed by atoms with Gasteiger partial charge in [0.25, 0.3) is 0 Å². The van der Waals surface area contributed by atoms with E-state index in [1.807, 2.05) is 20.8 Å². The number of carboxylic acid groups (broad SMARTS) is 4. The Morgan fingerprint density at radius 2 is 0.947 bits per heavy atom. The van der Waals surface area contributed by atoms with Gasteiger partial charge in [-0.25, -0.2) is 19.2 Å². The van der Waals surface area contributed by atoms with Gasteiger partial charge in [0.2, 0.25) is 0 Å². The summed E-state index contributed by atoms with van der Waals surface area (Å²) >= 11 is 0. The molecule has 208 valence electrons. The molecule has 0 unspecified atom stereocenters. The third-order valence-electron chi connectivity index (χ3n) is 6.60. The highest BCUT2D eigenvalue weighted by atomic mass is 16.4. The number of carbonyl (C=O) groups is 4. The lowest BCUT2D eigenvalue weighted by molar-refractivity contribution is 0.0650. The Morgan fingerprint density at radius 1 is 0.526 bits per heavy atom. The average molecular weight is 529 g/mol. The van der Waals surface area contributed by atoms with Crippen molar-refractivity contribution >= 4 is 23.9 Å². The van der Waals surface area contributed by atoms with Gasteiger partial charge in [0.15, 0.2) is 0 Å². The first-order valence-electron chi connectivity index (χ1n) is 13.3. The minimum absolute atomic E-state index is 0.0274. The van der Waals surface area contributed by atoms with Crippen LogP contribution >= 0.6 is 0 Å². The summed E-state index contributed by atoms with van der Waals surface area (Å²) in [6.45, 7) is 7.88. The van der Waals surface area contributed by atoms with Crippen molar-refractivity contribution in [2.45, 2.75) is 91.9 Å². The van der Waals surface area contributed by atoms with E-state index in [0.717, 1.165) is 30.4 Å². The maximum atomic E-state index is 11.5. The van der Waals surface area contributed by atoms with Crippen LogP contribution in [0.25, 0.3) is 0 Å². The van der Waals surface area contributed by atoms with E-state index in [-0.39, 0.29) is 22.3 Å². The molecule has 2 aromatic carbocycles. The fourth-order valence-electron chi connectivity index (χ4n) is 4.66. The monoisotopic (exact) mass is 528 g/mol. The van der Waals surface area contributed by atoms with Crippen molar-refractivity contribution in [2.24, 2.45) is 0 Å². The largest absolute Gasteiger partial charge is 0.478 e. The van der Waals surface area contributed by atoms with Crippen LogP contribution in [0, 0.1) is 0 Å². The molecule has 0 amide bonds. The van der Waals surface area contributed by atoms with Crippen molar-refractivity contribution in [3.63, 3.8) is 0 Å². The van der Waals surface area contributed by atoms with Gasteiger partial charge in [-0.05, 0) is 66.5 Å². The van der Waals surface area contributed by atoms with E-state index >= 15 is 0 Å². The predicted octanol–water partition coefficient (Wildman–Crippen LogP) is 6.76. The van der Waals surface area contributed by atoms with Crippen molar-refractivity contribution in [2.75, 3.05) is 0 Å². The minimum Gasteiger partial charge on any atom is -0.478 e. The Bertz CT molecular complexity index is 1130. The first-order valence-corrected chi connectivity index (χ1v) is 13.3. The highest BCUT2D eigenvalue weighted by Gasteiger charge is 2.22. The lowest BCUT2D eigenvalue weighted by atomic mass is 9.90. The van der Waals surface area contributed by atoms with Crippen molar-refractivity contribution < 1.29 is 39.6 Å². The van der Waals surface area contributed by atoms with Gasteiger partial charge in [-0.3, -0.25) is 0 Å². The molecule has 38 heavy (non-hydrogen) atoms. The van der Waals surface area contributed by atoms with E-state index in [9.17, 15) is 29.4 Å². The summed E-state index contributed by atoms with van der Waals surface area (Å²) in [5.41, 5.74) is 2.81. The number of hydrogen-bond donors (Lipinski definition) is 4. The van der Waals surface area contributed by atoms with Crippen LogP contribution < -0.4 is 0 Å². The number of hydrogen-bond acceptors (Lipinski definition) is 4. The number of rotatable bonds is 14. The molecular formula is C30H40O8. The highest BCUT2D eigenvalue weighted by Crippen LogP contribution is 2.24. The van der Waals surface area contributed by atoms with Gasteiger partial charge in [-0.2, -0.15) is 0 Å². The summed E-state index contributed by atoms with van der Waals surface area (Å²) in [5, 5.41) is 36.7. The maximum absolute atomic E-state index is 11.5. The van der Waals surface area contributed by atoms with Crippen molar-refractivity contribution in [3.05, 3.63) is 68.8 Å². The summed E-state index contributed by atoms with van der Waals surface area (Å²) < 4.78 is 0. The second-order valence-electron chi connectivity index (χ2n) is 9.05. The molecular weight excluding hydrogens is 488 g/mol. The second-order valence-corrected chi connectivity index (χ2v) is 9.05. The standard InChI is InChI=1S/C18H26O4.C12H14O4/c1-3-5-6-7-8-9-10-14-13(4-2)11-12-15(17(19)20)16(14)18(21)22;1-3-7-5-6-9(11(13)14)10(12(15)16)8(7)4-2/h11-12H,3-10H2,1-2H3,(H,19,20)(H,21,22);5-6H,3-4H2,1-2H3,(H,13,14)(H,15,16). The fourth-order valence-corrected chi connectivity index (χ4v) is 4.66. The lowest BCUT2D eigenvalue weighted by Gasteiger charge is -2.14. The smallest absolute Gasteiger partial charge is 0.336 e. The summed E-state index contributed by atoms with van der Waals surface area (Å²) in [4.78, 5) is 44.8. The molecule has 0 spiro atoms. The van der Waals surface area contributed by atoms with Gasteiger partial charge >= 0.3 is 23.9 Å². The second kappa shape index (κ2) is 16.2. The first-order chi connectivity index (χ1) is 18.0. The summed E-state index contributed by atoms with van der Waals surface area (Å²) in [6, 6.07) is 6.22. The molecule has 8 nitrogen and oxygen atoms in total. The van der Waals surface area contributed by atoms with Crippen LogP contribution in [0.5, 0.6) is 0 Å². The average Bonchev–Trinajstić information content (AvgIpc) is 2.88. The van der Waals surface area contributed by atoms with Crippen LogP contribution in [0.3, 0.4) is 0 Å². The molecule has 0 aliphatic heterocycles. The van der Waals surface area contributed by atoms with E-state index in [0.29, 0.717) is 36.8 Å². The summed E-state index contributed by atoms with van der Waals surface area (Å²) in [5.74, 6) is -4.70. The molecule has 0 atom stereocenters. The third kappa shape index (κ3) is 8.71. The predicted molar refractivity (Wildman–Crippen MR) is 146 cm³/mol. The molecule has 0 radical (unpaired) electrons. The number of aryl methyl sites for hydroxylation is 2. The summed E-state index contributed by atoms with van der Waals surface area (Å²) in [7, 11) is 0. The molecule has 0 bridgehead atoms. The van der Waals surface area contributed by atoms with Gasteiger partial charge in [0.1, 0.15) is 0 Å². The maximum Gasteiger partial charge on any atom is 0.336 e. The van der Waals surface area contributed by atoms with Crippen LogP contribution in [0.4, 0.5) is 0 Å². The van der Waals surface area contributed by atoms with E-state index in [1.54, 1.807) is 12.1 Å². The zero-order valence-electron chi connectivity index (χ0n) is 22.8. The van der Waals surface area contributed by atoms with Gasteiger partial charge in [0, 0.05) is 0 Å². The van der Waals surface area contributed by atoms with E-state index in [1.165, 1.54) is 31.4 Å².